The summed E-state index contributed by atoms with van der Waals surface area (Å²) in [6.45, 7) is 0.333. The minimum absolute atomic E-state index is 0.194. The van der Waals surface area contributed by atoms with E-state index < -0.39 is 6.04 Å². The number of rotatable bonds is 6. The molecule has 0 fully saturated rings. The van der Waals surface area contributed by atoms with Gasteiger partial charge >= 0.3 is 0 Å². The fourth-order valence-electron chi connectivity index (χ4n) is 2.94. The Bertz CT molecular complexity index is 876. The number of H-pyrrole nitrogens is 1. The lowest BCUT2D eigenvalue weighted by Gasteiger charge is -2.24. The van der Waals surface area contributed by atoms with Crippen LogP contribution in [0.1, 0.15) is 17.2 Å². The molecule has 1 atom stereocenters. The lowest BCUT2D eigenvalue weighted by atomic mass is 10.0. The molecule has 0 saturated heterocycles. The third-order valence-corrected chi connectivity index (χ3v) is 4.16. The molecule has 1 amide bonds. The number of carbonyl (C=O) groups excluding carboxylic acids is 1. The molecular weight excluding hydrogens is 331 g/mol. The van der Waals surface area contributed by atoms with E-state index in [-0.39, 0.29) is 11.7 Å². The number of likely N-dealkylation sites (N-methyl/N-ethyl adjacent to an activating group) is 1. The van der Waals surface area contributed by atoms with Gasteiger partial charge in [-0.3, -0.25) is 14.8 Å². The summed E-state index contributed by atoms with van der Waals surface area (Å²) in [5.74, 6) is -0.552. The highest BCUT2D eigenvalue weighted by Gasteiger charge is 2.23. The van der Waals surface area contributed by atoms with E-state index in [4.69, 9.17) is 0 Å². The van der Waals surface area contributed by atoms with Crippen LogP contribution < -0.4 is 5.32 Å². The first-order chi connectivity index (χ1) is 12.6. The van der Waals surface area contributed by atoms with Crippen LogP contribution in [-0.2, 0) is 11.3 Å². The van der Waals surface area contributed by atoms with Crippen molar-refractivity contribution < 1.29 is 9.18 Å². The van der Waals surface area contributed by atoms with E-state index in [0.717, 1.165) is 16.8 Å². The maximum absolute atomic E-state index is 13.5. The molecule has 2 aromatic carbocycles. The number of nitrogens with zero attached hydrogens (tertiary/aromatic N) is 2. The fraction of sp³-hybridized carbons (Fsp3) is 0.200. The summed E-state index contributed by atoms with van der Waals surface area (Å²) in [7, 11) is 3.59. The Morgan fingerprint density at radius 3 is 2.65 bits per heavy atom. The summed E-state index contributed by atoms with van der Waals surface area (Å²) in [5, 5.41) is 10.00. The third-order valence-electron chi connectivity index (χ3n) is 4.16. The molecule has 0 aliphatic heterocycles. The van der Waals surface area contributed by atoms with Crippen LogP contribution in [0, 0.1) is 5.82 Å². The van der Waals surface area contributed by atoms with Crippen LogP contribution in [0.2, 0.25) is 0 Å². The molecule has 5 nitrogen and oxygen atoms in total. The van der Waals surface area contributed by atoms with E-state index in [9.17, 15) is 9.18 Å². The number of hydrogen-bond donors (Lipinski definition) is 2. The number of halogens is 1. The van der Waals surface area contributed by atoms with Gasteiger partial charge < -0.3 is 5.32 Å². The van der Waals surface area contributed by atoms with Gasteiger partial charge in [-0.05, 0) is 37.4 Å². The number of hydrogen-bond acceptors (Lipinski definition) is 3. The zero-order chi connectivity index (χ0) is 18.5. The topological polar surface area (TPSA) is 61.0 Å². The summed E-state index contributed by atoms with van der Waals surface area (Å²) in [5.41, 5.74) is 3.38. The van der Waals surface area contributed by atoms with Crippen molar-refractivity contribution >= 4 is 5.91 Å². The second-order valence-corrected chi connectivity index (χ2v) is 6.28. The number of nitrogens with one attached hydrogen (secondary N) is 2. The van der Waals surface area contributed by atoms with Crippen molar-refractivity contribution in [1.82, 2.24) is 20.4 Å². The second-order valence-electron chi connectivity index (χ2n) is 6.28. The van der Waals surface area contributed by atoms with Crippen LogP contribution in [0.15, 0.2) is 60.8 Å². The summed E-state index contributed by atoms with van der Waals surface area (Å²) >= 11 is 0. The molecule has 1 heterocycles. The first-order valence-electron chi connectivity index (χ1n) is 8.33. The average Bonchev–Trinajstić information content (AvgIpc) is 3.09. The van der Waals surface area contributed by atoms with Crippen LogP contribution in [0.5, 0.6) is 0 Å². The van der Waals surface area contributed by atoms with Crippen LogP contribution in [0.4, 0.5) is 4.39 Å². The summed E-state index contributed by atoms with van der Waals surface area (Å²) < 4.78 is 13.5. The molecule has 0 bridgehead atoms. The Hall–Kier alpha value is -2.99. The normalized spacial score (nSPS) is 12.2. The van der Waals surface area contributed by atoms with Crippen molar-refractivity contribution in [1.29, 1.82) is 0 Å². The molecule has 6 heteroatoms. The Kier molecular flexibility index (Phi) is 5.43. The van der Waals surface area contributed by atoms with E-state index in [0.29, 0.717) is 12.1 Å². The molecule has 0 saturated carbocycles. The highest BCUT2D eigenvalue weighted by atomic mass is 19.1. The molecule has 3 rings (SSSR count). The van der Waals surface area contributed by atoms with Crippen molar-refractivity contribution in [2.45, 2.75) is 12.6 Å². The van der Waals surface area contributed by atoms with Crippen LogP contribution in [0.3, 0.4) is 0 Å². The molecule has 2 N–H and O–H groups in total. The summed E-state index contributed by atoms with van der Waals surface area (Å²) in [6, 6.07) is 15.3. The van der Waals surface area contributed by atoms with Gasteiger partial charge in [0.25, 0.3) is 0 Å². The van der Waals surface area contributed by atoms with Gasteiger partial charge in [-0.25, -0.2) is 4.39 Å². The average molecular weight is 352 g/mol. The van der Waals surface area contributed by atoms with E-state index in [1.165, 1.54) is 12.1 Å². The van der Waals surface area contributed by atoms with Gasteiger partial charge in [0.15, 0.2) is 0 Å². The van der Waals surface area contributed by atoms with E-state index >= 15 is 0 Å². The molecule has 1 unspecified atom stereocenters. The Morgan fingerprint density at radius 2 is 1.96 bits per heavy atom. The lowest BCUT2D eigenvalue weighted by Crippen LogP contribution is -2.36. The molecule has 0 radical (unpaired) electrons. The highest BCUT2D eigenvalue weighted by Crippen LogP contribution is 2.22. The van der Waals surface area contributed by atoms with Crippen molar-refractivity contribution in [3.8, 4) is 11.3 Å². The maximum Gasteiger partial charge on any atom is 0.242 e. The molecule has 0 spiro atoms. The van der Waals surface area contributed by atoms with Gasteiger partial charge in [0.1, 0.15) is 11.9 Å². The maximum atomic E-state index is 13.5. The minimum Gasteiger partial charge on any atom is -0.350 e. The molecular formula is C20H21FN4O. The highest BCUT2D eigenvalue weighted by molar-refractivity contribution is 5.83. The van der Waals surface area contributed by atoms with E-state index in [2.05, 4.69) is 15.5 Å². The number of aromatic amines is 1. The Labute approximate surface area is 151 Å². The number of aromatic nitrogens is 2. The zero-order valence-corrected chi connectivity index (χ0v) is 14.7. The van der Waals surface area contributed by atoms with Gasteiger partial charge in [0, 0.05) is 12.1 Å². The largest absolute Gasteiger partial charge is 0.350 e. The van der Waals surface area contributed by atoms with Crippen LogP contribution >= 0.6 is 0 Å². The SMILES string of the molecule is CN(C)C(C(=O)NCc1cn[nH]c1-c1ccccc1)c1cccc(F)c1. The smallest absolute Gasteiger partial charge is 0.242 e. The summed E-state index contributed by atoms with van der Waals surface area (Å²) in [6.07, 6.45) is 1.70. The predicted molar refractivity (Wildman–Crippen MR) is 98.7 cm³/mol. The molecule has 26 heavy (non-hydrogen) atoms. The van der Waals surface area contributed by atoms with Crippen molar-refractivity contribution in [3.05, 3.63) is 77.7 Å². The first kappa shape index (κ1) is 17.8. The van der Waals surface area contributed by atoms with Gasteiger partial charge in [0.05, 0.1) is 11.9 Å². The van der Waals surface area contributed by atoms with Gasteiger partial charge in [0.2, 0.25) is 5.91 Å². The van der Waals surface area contributed by atoms with Crippen molar-refractivity contribution in [3.63, 3.8) is 0 Å². The first-order valence-corrected chi connectivity index (χ1v) is 8.33. The quantitative estimate of drug-likeness (QED) is 0.716. The van der Waals surface area contributed by atoms with Gasteiger partial charge in [-0.1, -0.05) is 42.5 Å². The van der Waals surface area contributed by atoms with E-state index in [1.807, 2.05) is 30.3 Å². The summed E-state index contributed by atoms with van der Waals surface area (Å²) in [4.78, 5) is 14.5. The van der Waals surface area contributed by atoms with Gasteiger partial charge in [-0.2, -0.15) is 5.10 Å². The number of amides is 1. The predicted octanol–water partition coefficient (Wildman–Crippen LogP) is 3.13. The zero-order valence-electron chi connectivity index (χ0n) is 14.7. The molecule has 1 aromatic heterocycles. The van der Waals surface area contributed by atoms with Crippen LogP contribution in [-0.4, -0.2) is 35.1 Å². The second kappa shape index (κ2) is 7.93. The third kappa shape index (κ3) is 3.97. The molecule has 3 aromatic rings. The molecule has 0 aliphatic carbocycles. The van der Waals surface area contributed by atoms with Gasteiger partial charge in [-0.15, -0.1) is 0 Å². The molecule has 0 aliphatic rings. The molecule has 134 valence electrons. The lowest BCUT2D eigenvalue weighted by molar-refractivity contribution is -0.125. The standard InChI is InChI=1S/C20H21FN4O/c1-25(2)19(15-9-6-10-17(21)11-15)20(26)22-12-16-13-23-24-18(16)14-7-4-3-5-8-14/h3-11,13,19H,12H2,1-2H3,(H,22,26)(H,23,24). The van der Waals surface area contributed by atoms with Crippen molar-refractivity contribution in [2.24, 2.45) is 0 Å². The van der Waals surface area contributed by atoms with E-state index in [1.54, 1.807) is 37.3 Å². The fourth-order valence-corrected chi connectivity index (χ4v) is 2.94. The Morgan fingerprint density at radius 1 is 1.19 bits per heavy atom. The minimum atomic E-state index is -0.572. The van der Waals surface area contributed by atoms with Crippen LogP contribution in [0.25, 0.3) is 11.3 Å². The number of benzene rings is 2. The van der Waals surface area contributed by atoms with Crippen molar-refractivity contribution in [2.75, 3.05) is 14.1 Å². The Balaban J connectivity index is 1.75. The monoisotopic (exact) mass is 352 g/mol. The number of carbonyl (C=O) groups is 1.